The van der Waals surface area contributed by atoms with Crippen LogP contribution in [0.5, 0.6) is 0 Å². The Morgan fingerprint density at radius 3 is 2.38 bits per heavy atom. The van der Waals surface area contributed by atoms with Gasteiger partial charge in [0.15, 0.2) is 0 Å². The molecule has 0 spiro atoms. The molecule has 2 atom stereocenters. The van der Waals surface area contributed by atoms with Gasteiger partial charge in [-0.1, -0.05) is 20.3 Å². The summed E-state index contributed by atoms with van der Waals surface area (Å²) in [7, 11) is 0. The summed E-state index contributed by atoms with van der Waals surface area (Å²) in [4.78, 5) is 22.1. The van der Waals surface area contributed by atoms with Crippen molar-refractivity contribution in [3.05, 3.63) is 0 Å². The van der Waals surface area contributed by atoms with Gasteiger partial charge < -0.3 is 16.2 Å². The lowest BCUT2D eigenvalue weighted by atomic mass is 9.98. The van der Waals surface area contributed by atoms with E-state index >= 15 is 0 Å². The van der Waals surface area contributed by atoms with E-state index in [1.54, 1.807) is 6.92 Å². The number of carbonyl (C=O) groups is 2. The van der Waals surface area contributed by atoms with Gasteiger partial charge in [-0.05, 0) is 19.3 Å². The van der Waals surface area contributed by atoms with Gasteiger partial charge in [0.1, 0.15) is 0 Å². The molecule has 0 aliphatic heterocycles. The number of hydrogen-bond donors (Lipinski definition) is 3. The van der Waals surface area contributed by atoms with Crippen molar-refractivity contribution >= 4 is 11.9 Å². The predicted octanol–water partition coefficient (Wildman–Crippen LogP) is 0.731. The number of carboxylic acids is 1. The molecule has 0 rings (SSSR count). The molecule has 4 N–H and O–H groups in total. The van der Waals surface area contributed by atoms with Gasteiger partial charge in [-0.25, -0.2) is 0 Å². The number of hydrogen-bond acceptors (Lipinski definition) is 3. The second-order valence-electron chi connectivity index (χ2n) is 4.35. The van der Waals surface area contributed by atoms with Crippen molar-refractivity contribution in [2.24, 2.45) is 11.7 Å². The van der Waals surface area contributed by atoms with Crippen molar-refractivity contribution < 1.29 is 14.7 Å². The molecule has 0 saturated carbocycles. The summed E-state index contributed by atoms with van der Waals surface area (Å²) < 4.78 is 0. The molecule has 5 heteroatoms. The van der Waals surface area contributed by atoms with Crippen LogP contribution < -0.4 is 11.1 Å². The van der Waals surface area contributed by atoms with Crippen LogP contribution in [-0.4, -0.2) is 29.1 Å². The van der Waals surface area contributed by atoms with E-state index in [2.05, 4.69) is 5.32 Å². The zero-order chi connectivity index (χ0) is 12.8. The molecule has 1 amide bonds. The number of nitrogens with one attached hydrogen (secondary N) is 1. The fourth-order valence-corrected chi connectivity index (χ4v) is 1.21. The van der Waals surface area contributed by atoms with Crippen LogP contribution in [0.15, 0.2) is 0 Å². The highest BCUT2D eigenvalue weighted by molar-refractivity contribution is 5.85. The number of carboxylic acid groups (broad SMARTS) is 1. The molecule has 0 saturated heterocycles. The Morgan fingerprint density at radius 2 is 2.00 bits per heavy atom. The normalized spacial score (nSPS) is 16.2. The topological polar surface area (TPSA) is 92.4 Å². The SMILES string of the molecule is CCC(CNC(=O)C(C)(N)CC)CC(=O)O. The van der Waals surface area contributed by atoms with Gasteiger partial charge >= 0.3 is 5.97 Å². The lowest BCUT2D eigenvalue weighted by molar-refractivity contribution is -0.138. The Hall–Kier alpha value is -1.10. The largest absolute Gasteiger partial charge is 0.481 e. The van der Waals surface area contributed by atoms with E-state index in [1.165, 1.54) is 0 Å². The van der Waals surface area contributed by atoms with Gasteiger partial charge in [0.25, 0.3) is 0 Å². The van der Waals surface area contributed by atoms with Crippen LogP contribution in [0.4, 0.5) is 0 Å². The highest BCUT2D eigenvalue weighted by Gasteiger charge is 2.26. The Labute approximate surface area is 96.4 Å². The van der Waals surface area contributed by atoms with Gasteiger partial charge in [-0.3, -0.25) is 9.59 Å². The first-order chi connectivity index (χ1) is 7.33. The van der Waals surface area contributed by atoms with E-state index in [9.17, 15) is 9.59 Å². The van der Waals surface area contributed by atoms with Crippen molar-refractivity contribution in [1.82, 2.24) is 5.32 Å². The number of rotatable bonds is 7. The van der Waals surface area contributed by atoms with Crippen LogP contribution in [-0.2, 0) is 9.59 Å². The number of aliphatic carboxylic acids is 1. The summed E-state index contributed by atoms with van der Waals surface area (Å²) in [6.07, 6.45) is 1.35. The van der Waals surface area contributed by atoms with Crippen LogP contribution >= 0.6 is 0 Å². The molecule has 0 bridgehead atoms. The monoisotopic (exact) mass is 230 g/mol. The molecule has 0 radical (unpaired) electrons. The Kier molecular flexibility index (Phi) is 6.03. The lowest BCUT2D eigenvalue weighted by Crippen LogP contribution is -2.52. The first kappa shape index (κ1) is 14.9. The molecule has 0 heterocycles. The Morgan fingerprint density at radius 1 is 1.44 bits per heavy atom. The third-order valence-electron chi connectivity index (χ3n) is 2.85. The average molecular weight is 230 g/mol. The van der Waals surface area contributed by atoms with E-state index in [0.29, 0.717) is 13.0 Å². The Balaban J connectivity index is 4.12. The fourth-order valence-electron chi connectivity index (χ4n) is 1.21. The molecular weight excluding hydrogens is 208 g/mol. The summed E-state index contributed by atoms with van der Waals surface area (Å²) in [5, 5.41) is 11.4. The molecule has 5 nitrogen and oxygen atoms in total. The van der Waals surface area contributed by atoms with Gasteiger partial charge in [0.2, 0.25) is 5.91 Å². The molecule has 0 aliphatic carbocycles. The summed E-state index contributed by atoms with van der Waals surface area (Å²) in [6.45, 7) is 5.78. The first-order valence-electron chi connectivity index (χ1n) is 5.62. The molecule has 0 aromatic heterocycles. The van der Waals surface area contributed by atoms with E-state index in [4.69, 9.17) is 10.8 Å². The third kappa shape index (κ3) is 5.11. The highest BCUT2D eigenvalue weighted by atomic mass is 16.4. The van der Waals surface area contributed by atoms with Crippen molar-refractivity contribution in [2.45, 2.75) is 45.6 Å². The van der Waals surface area contributed by atoms with Crippen LogP contribution in [0.3, 0.4) is 0 Å². The van der Waals surface area contributed by atoms with Crippen molar-refractivity contribution in [3.8, 4) is 0 Å². The average Bonchev–Trinajstić information content (AvgIpc) is 2.22. The molecule has 0 aromatic rings. The summed E-state index contributed by atoms with van der Waals surface area (Å²) in [5.74, 6) is -1.10. The number of nitrogens with two attached hydrogens (primary N) is 1. The molecule has 16 heavy (non-hydrogen) atoms. The zero-order valence-electron chi connectivity index (χ0n) is 10.2. The molecule has 0 fully saturated rings. The van der Waals surface area contributed by atoms with E-state index in [0.717, 1.165) is 6.42 Å². The van der Waals surface area contributed by atoms with Gasteiger partial charge in [0.05, 0.1) is 5.54 Å². The lowest BCUT2D eigenvalue weighted by Gasteiger charge is -2.23. The van der Waals surface area contributed by atoms with E-state index in [1.807, 2.05) is 13.8 Å². The van der Waals surface area contributed by atoms with Gasteiger partial charge in [-0.15, -0.1) is 0 Å². The fraction of sp³-hybridized carbons (Fsp3) is 0.818. The second kappa shape index (κ2) is 6.48. The molecule has 0 aromatic carbocycles. The van der Waals surface area contributed by atoms with Crippen LogP contribution in [0.2, 0.25) is 0 Å². The van der Waals surface area contributed by atoms with Crippen molar-refractivity contribution in [3.63, 3.8) is 0 Å². The minimum atomic E-state index is -0.873. The standard InChI is InChI=1S/C11H22N2O3/c1-4-8(6-9(14)15)7-13-10(16)11(3,12)5-2/h8H,4-7,12H2,1-3H3,(H,13,16)(H,14,15). The molecule has 94 valence electrons. The quantitative estimate of drug-likeness (QED) is 0.601. The summed E-state index contributed by atoms with van der Waals surface area (Å²) in [5.41, 5.74) is 4.89. The minimum Gasteiger partial charge on any atom is -0.481 e. The van der Waals surface area contributed by atoms with Crippen LogP contribution in [0.25, 0.3) is 0 Å². The number of amides is 1. The van der Waals surface area contributed by atoms with Gasteiger partial charge in [0, 0.05) is 13.0 Å². The maximum Gasteiger partial charge on any atom is 0.303 e. The van der Waals surface area contributed by atoms with Crippen molar-refractivity contribution in [2.75, 3.05) is 6.54 Å². The van der Waals surface area contributed by atoms with Crippen LogP contribution in [0.1, 0.15) is 40.0 Å². The maximum atomic E-state index is 11.6. The summed E-state index contributed by atoms with van der Waals surface area (Å²) in [6, 6.07) is 0. The molecule has 2 unspecified atom stereocenters. The summed E-state index contributed by atoms with van der Waals surface area (Å²) >= 11 is 0. The predicted molar refractivity (Wildman–Crippen MR) is 61.9 cm³/mol. The third-order valence-corrected chi connectivity index (χ3v) is 2.85. The van der Waals surface area contributed by atoms with E-state index < -0.39 is 11.5 Å². The highest BCUT2D eigenvalue weighted by Crippen LogP contribution is 2.09. The first-order valence-corrected chi connectivity index (χ1v) is 5.62. The molecular formula is C11H22N2O3. The second-order valence-corrected chi connectivity index (χ2v) is 4.35. The number of carbonyl (C=O) groups excluding carboxylic acids is 1. The molecule has 0 aliphatic rings. The Bertz CT molecular complexity index is 252. The van der Waals surface area contributed by atoms with Gasteiger partial charge in [-0.2, -0.15) is 0 Å². The maximum absolute atomic E-state index is 11.6. The van der Waals surface area contributed by atoms with E-state index in [-0.39, 0.29) is 18.2 Å². The van der Waals surface area contributed by atoms with Crippen LogP contribution in [0, 0.1) is 5.92 Å². The minimum absolute atomic E-state index is 0.0332. The van der Waals surface area contributed by atoms with Crippen molar-refractivity contribution in [1.29, 1.82) is 0 Å². The smallest absolute Gasteiger partial charge is 0.303 e. The zero-order valence-corrected chi connectivity index (χ0v) is 10.2.